The molecule has 1 amide bonds. The van der Waals surface area contributed by atoms with Crippen molar-refractivity contribution in [1.82, 2.24) is 19.1 Å². The second-order valence-corrected chi connectivity index (χ2v) is 10.1. The van der Waals surface area contributed by atoms with Crippen molar-refractivity contribution in [1.29, 1.82) is 0 Å². The predicted octanol–water partition coefficient (Wildman–Crippen LogP) is 3.54. The van der Waals surface area contributed by atoms with Gasteiger partial charge in [-0.15, -0.1) is 0 Å². The highest BCUT2D eigenvalue weighted by molar-refractivity contribution is 7.89. The number of rotatable bonds is 7. The second kappa shape index (κ2) is 10.3. The number of amides is 1. The number of halogens is 1. The molecule has 1 aliphatic heterocycles. The maximum absolute atomic E-state index is 12.9. The molecular weight excluding hydrogens is 464 g/mol. The third kappa shape index (κ3) is 5.70. The van der Waals surface area contributed by atoms with E-state index in [9.17, 15) is 13.2 Å². The van der Waals surface area contributed by atoms with Crippen LogP contribution in [0, 0.1) is 0 Å². The first-order chi connectivity index (χ1) is 15.9. The number of sulfonamides is 1. The molecule has 174 valence electrons. The van der Waals surface area contributed by atoms with E-state index in [0.717, 1.165) is 25.7 Å². The number of benzene rings is 2. The normalized spacial score (nSPS) is 15.1. The lowest BCUT2D eigenvalue weighted by Crippen LogP contribution is -2.31. The lowest BCUT2D eigenvalue weighted by Gasteiger charge is -2.20. The molecule has 0 saturated carbocycles. The standard InChI is InChI=1S/C22H25ClN6O3S/c23-17-5-10-21(29-16-24-15-26-29)20(13-17)27-22(30)14-25-18-6-8-19(9-7-18)33(31,32)28-11-3-1-2-4-12-28/h5-10,13,15-16,25H,1-4,11-12,14H2,(H,27,30). The van der Waals surface area contributed by atoms with Gasteiger partial charge in [-0.25, -0.2) is 18.1 Å². The second-order valence-electron chi connectivity index (χ2n) is 7.75. The molecule has 1 saturated heterocycles. The number of nitrogens with zero attached hydrogens (tertiary/aromatic N) is 4. The average molecular weight is 489 g/mol. The Morgan fingerprint density at radius 3 is 2.42 bits per heavy atom. The average Bonchev–Trinajstić information content (AvgIpc) is 3.19. The smallest absolute Gasteiger partial charge is 0.243 e. The van der Waals surface area contributed by atoms with Crippen LogP contribution in [0.5, 0.6) is 0 Å². The molecule has 2 aromatic carbocycles. The SMILES string of the molecule is O=C(CNc1ccc(S(=O)(=O)N2CCCCCC2)cc1)Nc1cc(Cl)ccc1-n1cncn1. The van der Waals surface area contributed by atoms with Crippen LogP contribution in [0.3, 0.4) is 0 Å². The van der Waals surface area contributed by atoms with E-state index in [4.69, 9.17) is 11.6 Å². The lowest BCUT2D eigenvalue weighted by molar-refractivity contribution is -0.114. The van der Waals surface area contributed by atoms with E-state index in [1.54, 1.807) is 46.8 Å². The first-order valence-electron chi connectivity index (χ1n) is 10.7. The van der Waals surface area contributed by atoms with Crippen molar-refractivity contribution in [2.45, 2.75) is 30.6 Å². The Kier molecular flexibility index (Phi) is 7.26. The van der Waals surface area contributed by atoms with E-state index in [2.05, 4.69) is 20.7 Å². The van der Waals surface area contributed by atoms with E-state index >= 15 is 0 Å². The molecule has 1 aliphatic rings. The molecule has 0 spiro atoms. The topological polar surface area (TPSA) is 109 Å². The van der Waals surface area contributed by atoms with E-state index in [1.807, 2.05) is 0 Å². The molecule has 9 nitrogen and oxygen atoms in total. The van der Waals surface area contributed by atoms with Gasteiger partial charge in [0.15, 0.2) is 0 Å². The monoisotopic (exact) mass is 488 g/mol. The summed E-state index contributed by atoms with van der Waals surface area (Å²) >= 11 is 6.09. The number of carbonyl (C=O) groups is 1. The summed E-state index contributed by atoms with van der Waals surface area (Å²) in [7, 11) is -3.50. The van der Waals surface area contributed by atoms with Crippen molar-refractivity contribution in [3.05, 3.63) is 60.1 Å². The summed E-state index contributed by atoms with van der Waals surface area (Å²) in [5.74, 6) is -0.292. The van der Waals surface area contributed by atoms with Gasteiger partial charge in [0, 0.05) is 23.8 Å². The Hall–Kier alpha value is -2.95. The summed E-state index contributed by atoms with van der Waals surface area (Å²) in [6, 6.07) is 11.5. The zero-order valence-corrected chi connectivity index (χ0v) is 19.5. The van der Waals surface area contributed by atoms with Gasteiger partial charge >= 0.3 is 0 Å². The van der Waals surface area contributed by atoms with E-state index in [1.165, 1.54) is 17.3 Å². The van der Waals surface area contributed by atoms with Crippen LogP contribution in [-0.2, 0) is 14.8 Å². The Labute approximate surface area is 197 Å². The van der Waals surface area contributed by atoms with Crippen LogP contribution in [0.4, 0.5) is 11.4 Å². The summed E-state index contributed by atoms with van der Waals surface area (Å²) < 4.78 is 28.9. The molecule has 0 radical (unpaired) electrons. The van der Waals surface area contributed by atoms with Gasteiger partial charge in [0.25, 0.3) is 0 Å². The Morgan fingerprint density at radius 2 is 1.76 bits per heavy atom. The third-order valence-electron chi connectivity index (χ3n) is 5.41. The molecule has 3 aromatic rings. The largest absolute Gasteiger partial charge is 0.376 e. The number of hydrogen-bond acceptors (Lipinski definition) is 6. The van der Waals surface area contributed by atoms with Gasteiger partial charge in [0.2, 0.25) is 15.9 Å². The van der Waals surface area contributed by atoms with Crippen molar-refractivity contribution in [3.8, 4) is 5.69 Å². The van der Waals surface area contributed by atoms with Gasteiger partial charge in [-0.1, -0.05) is 24.4 Å². The predicted molar refractivity (Wildman–Crippen MR) is 127 cm³/mol. The van der Waals surface area contributed by atoms with Crippen molar-refractivity contribution in [2.75, 3.05) is 30.3 Å². The molecular formula is C22H25ClN6O3S. The first-order valence-corrected chi connectivity index (χ1v) is 12.5. The number of hydrogen-bond donors (Lipinski definition) is 2. The van der Waals surface area contributed by atoms with E-state index in [0.29, 0.717) is 35.2 Å². The van der Waals surface area contributed by atoms with Gasteiger partial charge in [-0.05, 0) is 55.3 Å². The summed E-state index contributed by atoms with van der Waals surface area (Å²) in [5.41, 5.74) is 1.77. The summed E-state index contributed by atoms with van der Waals surface area (Å²) in [4.78, 5) is 16.7. The number of nitrogens with one attached hydrogen (secondary N) is 2. The Balaban J connectivity index is 1.38. The van der Waals surface area contributed by atoms with Crippen molar-refractivity contribution >= 4 is 38.9 Å². The van der Waals surface area contributed by atoms with Crippen LogP contribution >= 0.6 is 11.6 Å². The highest BCUT2D eigenvalue weighted by Gasteiger charge is 2.24. The summed E-state index contributed by atoms with van der Waals surface area (Å²) in [5, 5.41) is 10.4. The molecule has 0 aliphatic carbocycles. The van der Waals surface area contributed by atoms with Crippen LogP contribution in [0.1, 0.15) is 25.7 Å². The zero-order valence-electron chi connectivity index (χ0n) is 17.9. The van der Waals surface area contributed by atoms with Crippen LogP contribution in [-0.4, -0.2) is 53.0 Å². The van der Waals surface area contributed by atoms with E-state index < -0.39 is 10.0 Å². The summed E-state index contributed by atoms with van der Waals surface area (Å²) in [6.45, 7) is 1.10. The maximum atomic E-state index is 12.9. The highest BCUT2D eigenvalue weighted by atomic mass is 35.5. The van der Waals surface area contributed by atoms with Crippen molar-refractivity contribution in [3.63, 3.8) is 0 Å². The van der Waals surface area contributed by atoms with Crippen LogP contribution in [0.2, 0.25) is 5.02 Å². The Bertz CT molecular complexity index is 1190. The minimum atomic E-state index is -3.50. The molecule has 0 unspecified atom stereocenters. The quantitative estimate of drug-likeness (QED) is 0.526. The van der Waals surface area contributed by atoms with Crippen molar-refractivity contribution < 1.29 is 13.2 Å². The van der Waals surface area contributed by atoms with Gasteiger partial charge in [0.1, 0.15) is 12.7 Å². The molecule has 1 fully saturated rings. The van der Waals surface area contributed by atoms with Crippen LogP contribution < -0.4 is 10.6 Å². The first kappa shape index (κ1) is 23.2. The molecule has 4 rings (SSSR count). The molecule has 0 atom stereocenters. The van der Waals surface area contributed by atoms with Gasteiger partial charge < -0.3 is 10.6 Å². The summed E-state index contributed by atoms with van der Waals surface area (Å²) in [6.07, 6.45) is 6.83. The zero-order chi connectivity index (χ0) is 23.3. The molecule has 2 heterocycles. The Morgan fingerprint density at radius 1 is 1.03 bits per heavy atom. The van der Waals surface area contributed by atoms with Gasteiger partial charge in [-0.2, -0.15) is 9.40 Å². The van der Waals surface area contributed by atoms with E-state index in [-0.39, 0.29) is 17.3 Å². The number of aromatic nitrogens is 3. The molecule has 11 heteroatoms. The minimum Gasteiger partial charge on any atom is -0.376 e. The fourth-order valence-electron chi connectivity index (χ4n) is 3.69. The number of anilines is 2. The third-order valence-corrected chi connectivity index (χ3v) is 7.56. The molecule has 2 N–H and O–H groups in total. The molecule has 33 heavy (non-hydrogen) atoms. The van der Waals surface area contributed by atoms with Crippen LogP contribution in [0.15, 0.2) is 60.0 Å². The van der Waals surface area contributed by atoms with Gasteiger partial charge in [0.05, 0.1) is 22.8 Å². The van der Waals surface area contributed by atoms with Crippen LogP contribution in [0.25, 0.3) is 5.69 Å². The minimum absolute atomic E-state index is 0.0124. The molecule has 1 aromatic heterocycles. The van der Waals surface area contributed by atoms with Crippen molar-refractivity contribution in [2.24, 2.45) is 0 Å². The maximum Gasteiger partial charge on any atom is 0.243 e. The highest BCUT2D eigenvalue weighted by Crippen LogP contribution is 2.24. The molecule has 0 bridgehead atoms. The fraction of sp³-hybridized carbons (Fsp3) is 0.318. The lowest BCUT2D eigenvalue weighted by atomic mass is 10.2. The van der Waals surface area contributed by atoms with Gasteiger partial charge in [-0.3, -0.25) is 4.79 Å². The number of carbonyl (C=O) groups excluding carboxylic acids is 1. The fourth-order valence-corrected chi connectivity index (χ4v) is 5.38.